The lowest BCUT2D eigenvalue weighted by molar-refractivity contribution is 0.0970. The molecule has 0 aliphatic rings. The fourth-order valence-corrected chi connectivity index (χ4v) is 4.02. The molecule has 9 heteroatoms. The van der Waals surface area contributed by atoms with E-state index in [1.54, 1.807) is 42.6 Å². The second-order valence-corrected chi connectivity index (χ2v) is 8.13. The van der Waals surface area contributed by atoms with Crippen molar-refractivity contribution in [3.63, 3.8) is 0 Å². The SMILES string of the molecule is COc1cc(NC(C(=O)c2c[nH]c3cc(Cl)ccc23)c2ccc(F)cc2OC)cc(OCCO)c1. The van der Waals surface area contributed by atoms with E-state index < -0.39 is 11.9 Å². The third-order valence-corrected chi connectivity index (χ3v) is 5.70. The van der Waals surface area contributed by atoms with Crippen molar-refractivity contribution in [2.45, 2.75) is 6.04 Å². The molecule has 3 N–H and O–H groups in total. The second kappa shape index (κ2) is 10.7. The van der Waals surface area contributed by atoms with Crippen LogP contribution in [-0.4, -0.2) is 43.3 Å². The number of benzene rings is 3. The zero-order valence-corrected chi connectivity index (χ0v) is 19.9. The van der Waals surface area contributed by atoms with Gasteiger partial charge in [-0.2, -0.15) is 0 Å². The van der Waals surface area contributed by atoms with Gasteiger partial charge in [0.1, 0.15) is 35.7 Å². The number of anilines is 1. The predicted molar refractivity (Wildman–Crippen MR) is 133 cm³/mol. The van der Waals surface area contributed by atoms with E-state index in [-0.39, 0.29) is 24.7 Å². The molecule has 1 heterocycles. The molecule has 182 valence electrons. The first-order chi connectivity index (χ1) is 16.9. The van der Waals surface area contributed by atoms with Crippen molar-refractivity contribution in [2.75, 3.05) is 32.8 Å². The van der Waals surface area contributed by atoms with E-state index in [0.717, 1.165) is 0 Å². The number of H-pyrrole nitrogens is 1. The first-order valence-electron chi connectivity index (χ1n) is 10.8. The van der Waals surface area contributed by atoms with Crippen molar-refractivity contribution in [3.05, 3.63) is 82.8 Å². The van der Waals surface area contributed by atoms with Gasteiger partial charge in [-0.3, -0.25) is 4.79 Å². The molecule has 0 spiro atoms. The molecule has 35 heavy (non-hydrogen) atoms. The summed E-state index contributed by atoms with van der Waals surface area (Å²) in [7, 11) is 2.93. The molecule has 1 unspecified atom stereocenters. The van der Waals surface area contributed by atoms with Crippen molar-refractivity contribution in [2.24, 2.45) is 0 Å². The zero-order chi connectivity index (χ0) is 24.9. The molecule has 1 aromatic heterocycles. The molecule has 0 fully saturated rings. The smallest absolute Gasteiger partial charge is 0.191 e. The summed E-state index contributed by atoms with van der Waals surface area (Å²) in [5.74, 6) is 0.393. The Morgan fingerprint density at radius 3 is 2.63 bits per heavy atom. The highest BCUT2D eigenvalue weighted by atomic mass is 35.5. The number of ketones is 1. The fourth-order valence-electron chi connectivity index (χ4n) is 3.85. The summed E-state index contributed by atoms with van der Waals surface area (Å²) in [6.07, 6.45) is 1.62. The summed E-state index contributed by atoms with van der Waals surface area (Å²) in [6, 6.07) is 13.3. The molecular weight excluding hydrogens is 475 g/mol. The molecular formula is C26H24ClFN2O5. The van der Waals surface area contributed by atoms with E-state index >= 15 is 0 Å². The Hall–Kier alpha value is -3.75. The standard InChI is InChI=1S/C26H24ClFN2O5/c1-33-18-11-17(12-19(13-18)35-8-7-31)30-25(21-6-4-16(28)10-24(21)34-2)26(32)22-14-29-23-9-15(27)3-5-20(22)23/h3-6,9-14,25,29-31H,7-8H2,1-2H3. The number of aliphatic hydroxyl groups is 1. The van der Waals surface area contributed by atoms with E-state index in [4.69, 9.17) is 30.9 Å². The maximum atomic E-state index is 14.0. The number of halogens is 2. The van der Waals surface area contributed by atoms with Gasteiger partial charge in [-0.1, -0.05) is 17.7 Å². The summed E-state index contributed by atoms with van der Waals surface area (Å²) in [4.78, 5) is 17.0. The highest BCUT2D eigenvalue weighted by Crippen LogP contribution is 2.35. The van der Waals surface area contributed by atoms with Gasteiger partial charge in [0.15, 0.2) is 5.78 Å². The average Bonchev–Trinajstić information content (AvgIpc) is 3.28. The van der Waals surface area contributed by atoms with Crippen LogP contribution in [0.25, 0.3) is 10.9 Å². The van der Waals surface area contributed by atoms with Crippen LogP contribution in [0.1, 0.15) is 22.0 Å². The lowest BCUT2D eigenvalue weighted by Crippen LogP contribution is -2.22. The molecule has 7 nitrogen and oxygen atoms in total. The number of aromatic nitrogens is 1. The Morgan fingerprint density at radius 1 is 1.09 bits per heavy atom. The van der Waals surface area contributed by atoms with Crippen LogP contribution < -0.4 is 19.5 Å². The third kappa shape index (κ3) is 5.34. The number of rotatable bonds is 10. The summed E-state index contributed by atoms with van der Waals surface area (Å²) in [5.41, 5.74) is 2.11. The highest BCUT2D eigenvalue weighted by molar-refractivity contribution is 6.31. The van der Waals surface area contributed by atoms with Gasteiger partial charge in [0.2, 0.25) is 0 Å². The molecule has 0 radical (unpaired) electrons. The topological polar surface area (TPSA) is 92.8 Å². The molecule has 4 aromatic rings. The number of aliphatic hydroxyl groups excluding tert-OH is 1. The quantitative estimate of drug-likeness (QED) is 0.254. The number of ether oxygens (including phenoxy) is 3. The molecule has 3 aromatic carbocycles. The Balaban J connectivity index is 1.80. The summed E-state index contributed by atoms with van der Waals surface area (Å²) >= 11 is 6.10. The lowest BCUT2D eigenvalue weighted by atomic mass is 9.95. The van der Waals surface area contributed by atoms with Crippen LogP contribution in [0.2, 0.25) is 5.02 Å². The van der Waals surface area contributed by atoms with Crippen molar-refractivity contribution < 1.29 is 28.5 Å². The molecule has 0 amide bonds. The van der Waals surface area contributed by atoms with Crippen molar-refractivity contribution in [3.8, 4) is 17.2 Å². The van der Waals surface area contributed by atoms with Gasteiger partial charge < -0.3 is 29.6 Å². The Bertz CT molecular complexity index is 1360. The van der Waals surface area contributed by atoms with E-state index in [1.807, 2.05) is 0 Å². The molecule has 1 atom stereocenters. The maximum Gasteiger partial charge on any atom is 0.191 e. The third-order valence-electron chi connectivity index (χ3n) is 5.46. The molecule has 0 aliphatic heterocycles. The number of carbonyl (C=O) groups excluding carboxylic acids is 1. The molecule has 4 rings (SSSR count). The largest absolute Gasteiger partial charge is 0.497 e. The average molecular weight is 499 g/mol. The minimum atomic E-state index is -0.946. The van der Waals surface area contributed by atoms with E-state index in [2.05, 4.69) is 10.3 Å². The number of nitrogens with one attached hydrogen (secondary N) is 2. The summed E-state index contributed by atoms with van der Waals surface area (Å²) in [5, 5.41) is 13.6. The molecule has 0 saturated heterocycles. The highest BCUT2D eigenvalue weighted by Gasteiger charge is 2.28. The Morgan fingerprint density at radius 2 is 1.89 bits per heavy atom. The summed E-state index contributed by atoms with van der Waals surface area (Å²) in [6.45, 7) is -0.0584. The zero-order valence-electron chi connectivity index (χ0n) is 19.1. The number of methoxy groups -OCH3 is 2. The lowest BCUT2D eigenvalue weighted by Gasteiger charge is -2.22. The van der Waals surface area contributed by atoms with Gasteiger partial charge >= 0.3 is 0 Å². The van der Waals surface area contributed by atoms with Crippen LogP contribution >= 0.6 is 11.6 Å². The molecule has 0 aliphatic carbocycles. The number of hydrogen-bond acceptors (Lipinski definition) is 6. The Labute approximate surface area is 206 Å². The van der Waals surface area contributed by atoms with Crippen molar-refractivity contribution in [1.82, 2.24) is 4.98 Å². The van der Waals surface area contributed by atoms with Gasteiger partial charge in [-0.25, -0.2) is 4.39 Å². The maximum absolute atomic E-state index is 14.0. The number of fused-ring (bicyclic) bond motifs is 1. The molecule has 0 bridgehead atoms. The first kappa shape index (κ1) is 24.4. The van der Waals surface area contributed by atoms with E-state index in [0.29, 0.717) is 44.2 Å². The van der Waals surface area contributed by atoms with Crippen LogP contribution in [0.3, 0.4) is 0 Å². The van der Waals surface area contributed by atoms with Crippen LogP contribution in [0.5, 0.6) is 17.2 Å². The summed E-state index contributed by atoms with van der Waals surface area (Å²) < 4.78 is 30.3. The number of Topliss-reactive ketones (excluding diaryl/α,β-unsaturated/α-hetero) is 1. The van der Waals surface area contributed by atoms with Gasteiger partial charge in [0.05, 0.1) is 20.8 Å². The predicted octanol–water partition coefficient (Wildman–Crippen LogP) is 5.38. The number of carbonyl (C=O) groups is 1. The monoisotopic (exact) mass is 498 g/mol. The second-order valence-electron chi connectivity index (χ2n) is 7.69. The van der Waals surface area contributed by atoms with Crippen LogP contribution in [-0.2, 0) is 0 Å². The number of aromatic amines is 1. The molecule has 0 saturated carbocycles. The van der Waals surface area contributed by atoms with Crippen LogP contribution in [0.4, 0.5) is 10.1 Å². The number of hydrogen-bond donors (Lipinski definition) is 3. The minimum absolute atomic E-state index is 0.0959. The van der Waals surface area contributed by atoms with Crippen LogP contribution in [0, 0.1) is 5.82 Å². The van der Waals surface area contributed by atoms with Crippen molar-refractivity contribution >= 4 is 34.0 Å². The normalized spacial score (nSPS) is 11.8. The first-order valence-corrected chi connectivity index (χ1v) is 11.1. The minimum Gasteiger partial charge on any atom is -0.497 e. The van der Waals surface area contributed by atoms with Gasteiger partial charge in [-0.15, -0.1) is 0 Å². The van der Waals surface area contributed by atoms with Gasteiger partial charge in [0, 0.05) is 63.2 Å². The van der Waals surface area contributed by atoms with Gasteiger partial charge in [0.25, 0.3) is 0 Å². The van der Waals surface area contributed by atoms with Crippen LogP contribution in [0.15, 0.2) is 60.8 Å². The fraction of sp³-hybridized carbons (Fsp3) is 0.192. The van der Waals surface area contributed by atoms with Gasteiger partial charge in [-0.05, 0) is 24.3 Å². The van der Waals surface area contributed by atoms with E-state index in [1.165, 1.54) is 32.4 Å². The van der Waals surface area contributed by atoms with Crippen molar-refractivity contribution in [1.29, 1.82) is 0 Å². The van der Waals surface area contributed by atoms with E-state index in [9.17, 15) is 9.18 Å². The Kier molecular flexibility index (Phi) is 7.43.